The van der Waals surface area contributed by atoms with Crippen molar-refractivity contribution in [1.82, 2.24) is 9.97 Å². The van der Waals surface area contributed by atoms with Crippen LogP contribution in [0, 0.1) is 17.0 Å². The number of nitrogens with one attached hydrogen (secondary N) is 1. The van der Waals surface area contributed by atoms with E-state index < -0.39 is 4.92 Å². The van der Waals surface area contributed by atoms with Crippen LogP contribution in [0.2, 0.25) is 0 Å². The Labute approximate surface area is 114 Å². The van der Waals surface area contributed by atoms with Gasteiger partial charge in [-0.15, -0.1) is 0 Å². The van der Waals surface area contributed by atoms with Gasteiger partial charge in [0.1, 0.15) is 6.33 Å². The van der Waals surface area contributed by atoms with Gasteiger partial charge < -0.3 is 5.32 Å². The second-order valence-corrected chi connectivity index (χ2v) is 4.78. The minimum absolute atomic E-state index is 0.0988. The normalized spacial score (nSPS) is 10.2. The van der Waals surface area contributed by atoms with E-state index in [0.717, 1.165) is 10.5 Å². The first-order valence-corrected chi connectivity index (χ1v) is 6.35. The van der Waals surface area contributed by atoms with E-state index in [2.05, 4.69) is 15.3 Å². The third-order valence-electron chi connectivity index (χ3n) is 2.51. The molecule has 0 spiro atoms. The van der Waals surface area contributed by atoms with E-state index >= 15 is 0 Å². The number of aryl methyl sites for hydroxylation is 1. The highest BCUT2D eigenvalue weighted by atomic mass is 32.2. The summed E-state index contributed by atoms with van der Waals surface area (Å²) in [5, 5.41) is 14.2. The third-order valence-corrected chi connectivity index (χ3v) is 3.68. The molecule has 1 aromatic carbocycles. The molecule has 0 amide bonds. The van der Waals surface area contributed by atoms with Crippen LogP contribution in [0.25, 0.3) is 0 Å². The van der Waals surface area contributed by atoms with Crippen molar-refractivity contribution in [3.05, 3.63) is 46.3 Å². The number of hydrogen-bond acceptors (Lipinski definition) is 6. The van der Waals surface area contributed by atoms with Gasteiger partial charge in [-0.1, -0.05) is 30.0 Å². The van der Waals surface area contributed by atoms with E-state index in [-0.39, 0.29) is 11.5 Å². The van der Waals surface area contributed by atoms with Crippen LogP contribution in [-0.2, 0) is 0 Å². The number of rotatable bonds is 4. The van der Waals surface area contributed by atoms with E-state index in [9.17, 15) is 10.1 Å². The fourth-order valence-corrected chi connectivity index (χ4v) is 2.51. The van der Waals surface area contributed by atoms with Crippen molar-refractivity contribution in [1.29, 1.82) is 0 Å². The molecule has 0 fully saturated rings. The molecule has 1 heterocycles. The fourth-order valence-electron chi connectivity index (χ4n) is 1.56. The summed E-state index contributed by atoms with van der Waals surface area (Å²) in [6.07, 6.45) is 1.32. The second-order valence-electron chi connectivity index (χ2n) is 3.75. The summed E-state index contributed by atoms with van der Waals surface area (Å²) in [6.45, 7) is 1.95. The number of anilines is 1. The van der Waals surface area contributed by atoms with Gasteiger partial charge in [-0.2, -0.15) is 0 Å². The predicted octanol–water partition coefficient (Wildman–Crippen LogP) is 2.89. The van der Waals surface area contributed by atoms with Crippen molar-refractivity contribution < 1.29 is 4.92 Å². The van der Waals surface area contributed by atoms with Gasteiger partial charge in [-0.05, 0) is 18.6 Å². The molecule has 0 radical (unpaired) electrons. The maximum absolute atomic E-state index is 11.1. The Hall–Kier alpha value is -2.15. The summed E-state index contributed by atoms with van der Waals surface area (Å²) < 4.78 is 0. The smallest absolute Gasteiger partial charge is 0.343 e. The molecule has 1 aromatic heterocycles. The average molecular weight is 276 g/mol. The quantitative estimate of drug-likeness (QED) is 0.525. The van der Waals surface area contributed by atoms with Crippen molar-refractivity contribution in [3.8, 4) is 0 Å². The molecule has 0 unspecified atom stereocenters. The van der Waals surface area contributed by atoms with E-state index in [4.69, 9.17) is 0 Å². The Kier molecular flexibility index (Phi) is 3.96. The number of nitrogens with zero attached hydrogens (tertiary/aromatic N) is 3. The summed E-state index contributed by atoms with van der Waals surface area (Å²) in [5.74, 6) is 0.219. The zero-order valence-corrected chi connectivity index (χ0v) is 11.3. The van der Waals surface area contributed by atoms with Gasteiger partial charge in [0.05, 0.1) is 4.92 Å². The largest absolute Gasteiger partial charge is 0.367 e. The minimum atomic E-state index is -0.466. The number of aromatic nitrogens is 2. The lowest BCUT2D eigenvalue weighted by molar-refractivity contribution is -0.387. The van der Waals surface area contributed by atoms with E-state index in [1.165, 1.54) is 18.1 Å². The van der Waals surface area contributed by atoms with Crippen molar-refractivity contribution >= 4 is 23.3 Å². The summed E-state index contributed by atoms with van der Waals surface area (Å²) in [4.78, 5) is 19.5. The Morgan fingerprint density at radius 2 is 2.05 bits per heavy atom. The standard InChI is InChI=1S/C12H12N4O2S/c1-8-5-3-4-6-9(8)19-12-10(16(17)18)11(13-2)14-7-15-12/h3-7H,1-2H3,(H,13,14,15). The molecule has 6 nitrogen and oxygen atoms in total. The molecule has 0 saturated heterocycles. The summed E-state index contributed by atoms with van der Waals surface area (Å²) in [7, 11) is 1.59. The Bertz CT molecular complexity index is 618. The van der Waals surface area contributed by atoms with E-state index in [1.54, 1.807) is 7.05 Å². The van der Waals surface area contributed by atoms with Gasteiger partial charge in [-0.3, -0.25) is 10.1 Å². The topological polar surface area (TPSA) is 81.0 Å². The molecule has 2 rings (SSSR count). The summed E-state index contributed by atoms with van der Waals surface area (Å²) in [5.41, 5.74) is 0.949. The zero-order chi connectivity index (χ0) is 13.8. The second kappa shape index (κ2) is 5.66. The molecule has 0 atom stereocenters. The SMILES string of the molecule is CNc1ncnc(Sc2ccccc2C)c1[N+](=O)[O-]. The van der Waals surface area contributed by atoms with Crippen molar-refractivity contribution in [2.45, 2.75) is 16.8 Å². The maximum Gasteiger partial charge on any atom is 0.343 e. The first-order valence-electron chi connectivity index (χ1n) is 5.54. The van der Waals surface area contributed by atoms with Gasteiger partial charge >= 0.3 is 5.69 Å². The molecule has 0 aliphatic heterocycles. The van der Waals surface area contributed by atoms with Crippen LogP contribution in [0.4, 0.5) is 11.5 Å². The Morgan fingerprint density at radius 1 is 1.32 bits per heavy atom. The van der Waals surface area contributed by atoms with Crippen molar-refractivity contribution in [2.75, 3.05) is 12.4 Å². The highest BCUT2D eigenvalue weighted by Crippen LogP contribution is 2.37. The van der Waals surface area contributed by atoms with E-state index in [1.807, 2.05) is 31.2 Å². The molecule has 0 saturated carbocycles. The van der Waals surface area contributed by atoms with Crippen LogP contribution >= 0.6 is 11.8 Å². The van der Waals surface area contributed by atoms with Crippen LogP contribution in [0.5, 0.6) is 0 Å². The molecule has 7 heteroatoms. The van der Waals surface area contributed by atoms with Crippen LogP contribution in [0.3, 0.4) is 0 Å². The van der Waals surface area contributed by atoms with Gasteiger partial charge in [0.2, 0.25) is 5.82 Å². The molecule has 2 aromatic rings. The number of hydrogen-bond donors (Lipinski definition) is 1. The highest BCUT2D eigenvalue weighted by Gasteiger charge is 2.23. The van der Waals surface area contributed by atoms with Gasteiger partial charge in [0, 0.05) is 11.9 Å². The molecule has 1 N–H and O–H groups in total. The third kappa shape index (κ3) is 2.82. The highest BCUT2D eigenvalue weighted by molar-refractivity contribution is 7.99. The number of nitro groups is 1. The van der Waals surface area contributed by atoms with Gasteiger partial charge in [0.15, 0.2) is 5.03 Å². The van der Waals surface area contributed by atoms with Crippen molar-refractivity contribution in [3.63, 3.8) is 0 Å². The molecular weight excluding hydrogens is 264 g/mol. The number of benzene rings is 1. The lowest BCUT2D eigenvalue weighted by Gasteiger charge is -2.07. The lowest BCUT2D eigenvalue weighted by atomic mass is 10.2. The van der Waals surface area contributed by atoms with Crippen LogP contribution in [-0.4, -0.2) is 21.9 Å². The molecule has 98 valence electrons. The molecule has 0 aliphatic rings. The lowest BCUT2D eigenvalue weighted by Crippen LogP contribution is -2.02. The zero-order valence-electron chi connectivity index (χ0n) is 10.5. The predicted molar refractivity (Wildman–Crippen MR) is 73.5 cm³/mol. The maximum atomic E-state index is 11.1. The van der Waals surface area contributed by atoms with Crippen LogP contribution in [0.1, 0.15) is 5.56 Å². The first-order chi connectivity index (χ1) is 9.13. The fraction of sp³-hybridized carbons (Fsp3) is 0.167. The molecule has 19 heavy (non-hydrogen) atoms. The molecular formula is C12H12N4O2S. The van der Waals surface area contributed by atoms with E-state index in [0.29, 0.717) is 5.03 Å². The molecule has 0 bridgehead atoms. The van der Waals surface area contributed by atoms with Gasteiger partial charge in [0.25, 0.3) is 0 Å². The first kappa shape index (κ1) is 13.3. The van der Waals surface area contributed by atoms with Crippen molar-refractivity contribution in [2.24, 2.45) is 0 Å². The summed E-state index contributed by atoms with van der Waals surface area (Å²) >= 11 is 1.27. The van der Waals surface area contributed by atoms with Crippen LogP contribution < -0.4 is 5.32 Å². The van der Waals surface area contributed by atoms with Crippen LogP contribution in [0.15, 0.2) is 40.5 Å². The average Bonchev–Trinajstić information content (AvgIpc) is 2.40. The Balaban J connectivity index is 2.46. The minimum Gasteiger partial charge on any atom is -0.367 e. The molecule has 0 aliphatic carbocycles. The summed E-state index contributed by atoms with van der Waals surface area (Å²) in [6, 6.07) is 7.67. The monoisotopic (exact) mass is 276 g/mol. The Morgan fingerprint density at radius 3 is 2.68 bits per heavy atom. The van der Waals surface area contributed by atoms with Gasteiger partial charge in [-0.25, -0.2) is 9.97 Å².